The first kappa shape index (κ1) is 13.4. The maximum atomic E-state index is 12.0. The summed E-state index contributed by atoms with van der Waals surface area (Å²) < 4.78 is 1.99. The van der Waals surface area contributed by atoms with Crippen LogP contribution in [0.15, 0.2) is 11.5 Å². The van der Waals surface area contributed by atoms with Crippen LogP contribution >= 0.6 is 11.8 Å². The average Bonchev–Trinajstić information content (AvgIpc) is 2.85. The highest BCUT2D eigenvalue weighted by Gasteiger charge is 2.18. The summed E-state index contributed by atoms with van der Waals surface area (Å²) in [5.74, 6) is 0.684. The van der Waals surface area contributed by atoms with Gasteiger partial charge in [0.1, 0.15) is 6.33 Å². The van der Waals surface area contributed by atoms with Gasteiger partial charge < -0.3 is 9.47 Å². The molecule has 1 aliphatic heterocycles. The zero-order valence-corrected chi connectivity index (χ0v) is 11.8. The fourth-order valence-corrected chi connectivity index (χ4v) is 3.00. The largest absolute Gasteiger partial charge is 0.342 e. The molecule has 0 radical (unpaired) electrons. The number of amides is 1. The first-order valence-corrected chi connectivity index (χ1v) is 7.47. The van der Waals surface area contributed by atoms with Crippen LogP contribution in [0.3, 0.4) is 0 Å². The van der Waals surface area contributed by atoms with Crippen LogP contribution in [0, 0.1) is 0 Å². The van der Waals surface area contributed by atoms with E-state index < -0.39 is 0 Å². The monoisotopic (exact) mass is 268 g/mol. The molecule has 0 spiro atoms. The molecule has 0 aliphatic carbocycles. The Kier molecular flexibility index (Phi) is 4.63. The zero-order valence-electron chi connectivity index (χ0n) is 11.0. The van der Waals surface area contributed by atoms with Crippen LogP contribution in [-0.2, 0) is 4.79 Å². The Morgan fingerprint density at radius 3 is 2.78 bits per heavy atom. The predicted molar refractivity (Wildman–Crippen MR) is 71.6 cm³/mol. The Morgan fingerprint density at radius 2 is 2.11 bits per heavy atom. The molecule has 1 fully saturated rings. The van der Waals surface area contributed by atoms with Gasteiger partial charge in [0.25, 0.3) is 0 Å². The Bertz CT molecular complexity index is 399. The summed E-state index contributed by atoms with van der Waals surface area (Å²) in [6, 6.07) is 0.326. The summed E-state index contributed by atoms with van der Waals surface area (Å²) in [7, 11) is 0. The van der Waals surface area contributed by atoms with E-state index in [-0.39, 0.29) is 5.91 Å². The molecule has 1 aromatic rings. The second kappa shape index (κ2) is 6.22. The number of piperidine rings is 1. The SMILES string of the molecule is CC(C)n1cnnc1SCC(=O)N1CCCCC1. The lowest BCUT2D eigenvalue weighted by molar-refractivity contribution is -0.129. The van der Waals surface area contributed by atoms with Crippen LogP contribution in [0.1, 0.15) is 39.2 Å². The van der Waals surface area contributed by atoms with Gasteiger partial charge >= 0.3 is 0 Å². The molecule has 1 amide bonds. The summed E-state index contributed by atoms with van der Waals surface area (Å²) in [6.45, 7) is 5.99. The van der Waals surface area contributed by atoms with Crippen molar-refractivity contribution in [3.8, 4) is 0 Å². The Morgan fingerprint density at radius 1 is 1.39 bits per heavy atom. The molecule has 18 heavy (non-hydrogen) atoms. The van der Waals surface area contributed by atoms with Gasteiger partial charge in [0.15, 0.2) is 5.16 Å². The molecule has 0 atom stereocenters. The fourth-order valence-electron chi connectivity index (χ4n) is 2.05. The minimum absolute atomic E-state index is 0.220. The summed E-state index contributed by atoms with van der Waals surface area (Å²) in [5.41, 5.74) is 0. The summed E-state index contributed by atoms with van der Waals surface area (Å²) in [4.78, 5) is 14.0. The Balaban J connectivity index is 1.86. The molecule has 1 saturated heterocycles. The van der Waals surface area contributed by atoms with Gasteiger partial charge in [0.2, 0.25) is 5.91 Å². The highest BCUT2D eigenvalue weighted by molar-refractivity contribution is 7.99. The van der Waals surface area contributed by atoms with E-state index in [0.717, 1.165) is 31.1 Å². The van der Waals surface area contributed by atoms with E-state index in [0.29, 0.717) is 11.8 Å². The summed E-state index contributed by atoms with van der Waals surface area (Å²) in [6.07, 6.45) is 5.24. The standard InChI is InChI=1S/C12H20N4OS/c1-10(2)16-9-13-14-12(16)18-8-11(17)15-6-4-3-5-7-15/h9-10H,3-8H2,1-2H3. The molecule has 1 aliphatic rings. The fraction of sp³-hybridized carbons (Fsp3) is 0.750. The normalized spacial score (nSPS) is 16.3. The molecule has 5 nitrogen and oxygen atoms in total. The second-order valence-corrected chi connectivity index (χ2v) is 5.79. The maximum Gasteiger partial charge on any atom is 0.233 e. The lowest BCUT2D eigenvalue weighted by Gasteiger charge is -2.26. The van der Waals surface area contributed by atoms with E-state index in [2.05, 4.69) is 24.0 Å². The molecular formula is C12H20N4OS. The van der Waals surface area contributed by atoms with Crippen molar-refractivity contribution in [1.29, 1.82) is 0 Å². The number of likely N-dealkylation sites (tertiary alicyclic amines) is 1. The summed E-state index contributed by atoms with van der Waals surface area (Å²) >= 11 is 1.48. The van der Waals surface area contributed by atoms with E-state index in [1.165, 1.54) is 18.2 Å². The minimum atomic E-state index is 0.220. The zero-order chi connectivity index (χ0) is 13.0. The number of aromatic nitrogens is 3. The third-order valence-electron chi connectivity index (χ3n) is 3.13. The predicted octanol–water partition coefficient (Wildman–Crippen LogP) is 1.96. The highest BCUT2D eigenvalue weighted by Crippen LogP contribution is 2.20. The molecule has 100 valence electrons. The topological polar surface area (TPSA) is 51.0 Å². The van der Waals surface area contributed by atoms with Gasteiger partial charge in [-0.05, 0) is 33.1 Å². The third-order valence-corrected chi connectivity index (χ3v) is 4.07. The molecule has 2 rings (SSSR count). The van der Waals surface area contributed by atoms with Crippen LogP contribution in [0.25, 0.3) is 0 Å². The van der Waals surface area contributed by atoms with Gasteiger partial charge in [-0.25, -0.2) is 0 Å². The van der Waals surface area contributed by atoms with E-state index in [1.54, 1.807) is 6.33 Å². The average molecular weight is 268 g/mol. The maximum absolute atomic E-state index is 12.0. The lowest BCUT2D eigenvalue weighted by atomic mass is 10.1. The third kappa shape index (κ3) is 3.25. The first-order chi connectivity index (χ1) is 8.68. The van der Waals surface area contributed by atoms with Gasteiger partial charge in [0.05, 0.1) is 5.75 Å². The lowest BCUT2D eigenvalue weighted by Crippen LogP contribution is -2.36. The number of hydrogen-bond donors (Lipinski definition) is 0. The van der Waals surface area contributed by atoms with Gasteiger partial charge in [-0.2, -0.15) is 0 Å². The van der Waals surface area contributed by atoms with Crippen LogP contribution in [0.2, 0.25) is 0 Å². The molecule has 6 heteroatoms. The van der Waals surface area contributed by atoms with Gasteiger partial charge in [-0.1, -0.05) is 11.8 Å². The van der Waals surface area contributed by atoms with E-state index in [9.17, 15) is 4.79 Å². The van der Waals surface area contributed by atoms with Crippen molar-refractivity contribution in [2.45, 2.75) is 44.3 Å². The quantitative estimate of drug-likeness (QED) is 0.783. The van der Waals surface area contributed by atoms with Crippen LogP contribution < -0.4 is 0 Å². The number of carbonyl (C=O) groups excluding carboxylic acids is 1. The molecular weight excluding hydrogens is 248 g/mol. The molecule has 0 N–H and O–H groups in total. The number of rotatable bonds is 4. The highest BCUT2D eigenvalue weighted by atomic mass is 32.2. The Hall–Kier alpha value is -1.04. The van der Waals surface area contributed by atoms with E-state index in [1.807, 2.05) is 9.47 Å². The van der Waals surface area contributed by atoms with E-state index >= 15 is 0 Å². The van der Waals surface area contributed by atoms with Gasteiger partial charge in [-0.15, -0.1) is 10.2 Å². The molecule has 0 bridgehead atoms. The Labute approximate surface area is 112 Å². The molecule has 0 aromatic carbocycles. The van der Waals surface area contributed by atoms with Crippen molar-refractivity contribution in [2.75, 3.05) is 18.8 Å². The van der Waals surface area contributed by atoms with Crippen LogP contribution in [0.4, 0.5) is 0 Å². The van der Waals surface area contributed by atoms with Crippen molar-refractivity contribution in [3.63, 3.8) is 0 Å². The summed E-state index contributed by atoms with van der Waals surface area (Å²) in [5, 5.41) is 8.79. The van der Waals surface area contributed by atoms with Crippen molar-refractivity contribution >= 4 is 17.7 Å². The number of carbonyl (C=O) groups is 1. The van der Waals surface area contributed by atoms with Crippen LogP contribution in [-0.4, -0.2) is 44.4 Å². The smallest absolute Gasteiger partial charge is 0.233 e. The molecule has 0 unspecified atom stereocenters. The molecule has 1 aromatic heterocycles. The van der Waals surface area contributed by atoms with E-state index in [4.69, 9.17) is 0 Å². The van der Waals surface area contributed by atoms with Crippen molar-refractivity contribution in [2.24, 2.45) is 0 Å². The number of hydrogen-bond acceptors (Lipinski definition) is 4. The molecule has 2 heterocycles. The van der Waals surface area contributed by atoms with Crippen molar-refractivity contribution in [1.82, 2.24) is 19.7 Å². The minimum Gasteiger partial charge on any atom is -0.342 e. The van der Waals surface area contributed by atoms with Gasteiger partial charge in [0, 0.05) is 19.1 Å². The molecule has 0 saturated carbocycles. The van der Waals surface area contributed by atoms with Gasteiger partial charge in [-0.3, -0.25) is 4.79 Å². The van der Waals surface area contributed by atoms with Crippen LogP contribution in [0.5, 0.6) is 0 Å². The van der Waals surface area contributed by atoms with Crippen molar-refractivity contribution in [3.05, 3.63) is 6.33 Å². The number of nitrogens with zero attached hydrogens (tertiary/aromatic N) is 4. The first-order valence-electron chi connectivity index (χ1n) is 6.48. The van der Waals surface area contributed by atoms with Crippen molar-refractivity contribution < 1.29 is 4.79 Å². The second-order valence-electron chi connectivity index (χ2n) is 4.84. The number of thioether (sulfide) groups is 1.